The van der Waals surface area contributed by atoms with E-state index in [4.69, 9.17) is 4.74 Å². The van der Waals surface area contributed by atoms with Crippen molar-refractivity contribution in [3.8, 4) is 0 Å². The van der Waals surface area contributed by atoms with E-state index in [1.165, 1.54) is 0 Å². The fourth-order valence-corrected chi connectivity index (χ4v) is 4.21. The number of rotatable bonds is 9. The topological polar surface area (TPSA) is 58.6 Å². The Morgan fingerprint density at radius 3 is 2.20 bits per heavy atom. The van der Waals surface area contributed by atoms with Gasteiger partial charge in [0.15, 0.2) is 0 Å². The van der Waals surface area contributed by atoms with Crippen LogP contribution in [0.5, 0.6) is 0 Å². The Bertz CT molecular complexity index is 823. The molecule has 1 fully saturated rings. The van der Waals surface area contributed by atoms with E-state index in [1.54, 1.807) is 24.3 Å². The van der Waals surface area contributed by atoms with Gasteiger partial charge in [-0.2, -0.15) is 0 Å². The molecule has 1 aliphatic carbocycles. The van der Waals surface area contributed by atoms with Gasteiger partial charge in [-0.15, -0.1) is 0 Å². The summed E-state index contributed by atoms with van der Waals surface area (Å²) in [5.41, 5.74) is 1.80. The van der Waals surface area contributed by atoms with Crippen molar-refractivity contribution in [2.45, 2.75) is 44.9 Å². The first-order valence-electron chi connectivity index (χ1n) is 11.0. The Labute approximate surface area is 179 Å². The van der Waals surface area contributed by atoms with Crippen LogP contribution in [-0.4, -0.2) is 43.0 Å². The van der Waals surface area contributed by atoms with Gasteiger partial charge in [0, 0.05) is 12.2 Å². The summed E-state index contributed by atoms with van der Waals surface area (Å²) in [5.74, 6) is -0.308. The van der Waals surface area contributed by atoms with Gasteiger partial charge in [0.1, 0.15) is 6.61 Å². The molecule has 160 valence electrons. The van der Waals surface area contributed by atoms with Gasteiger partial charge in [-0.3, -0.25) is 4.79 Å². The summed E-state index contributed by atoms with van der Waals surface area (Å²) >= 11 is 0. The molecule has 30 heavy (non-hydrogen) atoms. The zero-order valence-electron chi connectivity index (χ0n) is 18.0. The Morgan fingerprint density at radius 2 is 1.60 bits per heavy atom. The van der Waals surface area contributed by atoms with Gasteiger partial charge in [-0.25, -0.2) is 4.79 Å². The number of carbonyl (C=O) groups excluding carboxylic acids is 2. The Morgan fingerprint density at radius 1 is 0.967 bits per heavy atom. The molecule has 5 nitrogen and oxygen atoms in total. The smallest absolute Gasteiger partial charge is 0.338 e. The Hall–Kier alpha value is -2.66. The summed E-state index contributed by atoms with van der Waals surface area (Å²) in [6.45, 7) is 7.16. The van der Waals surface area contributed by atoms with Crippen LogP contribution >= 0.6 is 0 Å². The van der Waals surface area contributed by atoms with Crippen molar-refractivity contribution < 1.29 is 14.3 Å². The Balaban J connectivity index is 1.61. The largest absolute Gasteiger partial charge is 0.461 e. The number of benzene rings is 2. The first kappa shape index (κ1) is 22.0. The molecule has 2 aromatic rings. The average molecular weight is 409 g/mol. The number of hydrogen-bond donors (Lipinski definition) is 1. The number of nitrogens with zero attached hydrogens (tertiary/aromatic N) is 1. The number of esters is 1. The van der Waals surface area contributed by atoms with Crippen LogP contribution in [0.3, 0.4) is 0 Å². The molecule has 2 aromatic carbocycles. The summed E-state index contributed by atoms with van der Waals surface area (Å²) in [5, 5.41) is 3.06. The predicted molar refractivity (Wildman–Crippen MR) is 120 cm³/mol. The second-order valence-electron chi connectivity index (χ2n) is 7.85. The number of anilines is 1. The quantitative estimate of drug-likeness (QED) is 0.614. The predicted octanol–water partition coefficient (Wildman–Crippen LogP) is 4.64. The van der Waals surface area contributed by atoms with Crippen molar-refractivity contribution >= 4 is 17.6 Å². The number of likely N-dealkylation sites (N-methyl/N-ethyl adjacent to an activating group) is 1. The second-order valence-corrected chi connectivity index (χ2v) is 7.85. The highest BCUT2D eigenvalue weighted by Crippen LogP contribution is 2.42. The van der Waals surface area contributed by atoms with Gasteiger partial charge < -0.3 is 15.0 Å². The highest BCUT2D eigenvalue weighted by molar-refractivity contribution is 6.00. The van der Waals surface area contributed by atoms with Crippen LogP contribution < -0.4 is 5.32 Å². The van der Waals surface area contributed by atoms with Crippen LogP contribution in [-0.2, 0) is 14.9 Å². The first-order chi connectivity index (χ1) is 14.6. The number of amides is 1. The van der Waals surface area contributed by atoms with Crippen molar-refractivity contribution in [3.05, 3.63) is 65.7 Å². The number of ether oxygens (including phenoxy) is 1. The maximum atomic E-state index is 13.2. The van der Waals surface area contributed by atoms with Crippen molar-refractivity contribution in [1.82, 2.24) is 4.90 Å². The SMILES string of the molecule is CCN(CC)CCOC(=O)c1ccc(NC(=O)C2(c3ccccc3)CCCC2)cc1. The zero-order chi connectivity index (χ0) is 21.4. The minimum absolute atomic E-state index is 0.0285. The van der Waals surface area contributed by atoms with Crippen LogP contribution in [0.4, 0.5) is 5.69 Å². The van der Waals surface area contributed by atoms with Crippen molar-refractivity contribution in [3.63, 3.8) is 0 Å². The van der Waals surface area contributed by atoms with E-state index in [1.807, 2.05) is 30.3 Å². The number of nitrogens with one attached hydrogen (secondary N) is 1. The van der Waals surface area contributed by atoms with Crippen molar-refractivity contribution in [1.29, 1.82) is 0 Å². The maximum absolute atomic E-state index is 13.2. The maximum Gasteiger partial charge on any atom is 0.338 e. The van der Waals surface area contributed by atoms with Crippen LogP contribution in [0, 0.1) is 0 Å². The minimum atomic E-state index is -0.469. The minimum Gasteiger partial charge on any atom is -0.461 e. The van der Waals surface area contributed by atoms with Crippen LogP contribution in [0.2, 0.25) is 0 Å². The van der Waals surface area contributed by atoms with E-state index in [9.17, 15) is 9.59 Å². The van der Waals surface area contributed by atoms with E-state index in [2.05, 4.69) is 24.1 Å². The lowest BCUT2D eigenvalue weighted by Gasteiger charge is -2.28. The molecule has 1 N–H and O–H groups in total. The molecule has 0 bridgehead atoms. The fourth-order valence-electron chi connectivity index (χ4n) is 4.21. The molecule has 1 amide bonds. The van der Waals surface area contributed by atoms with E-state index in [0.29, 0.717) is 17.9 Å². The summed E-state index contributed by atoms with van der Waals surface area (Å²) in [6.07, 6.45) is 3.83. The summed E-state index contributed by atoms with van der Waals surface area (Å²) in [7, 11) is 0. The molecule has 1 aliphatic rings. The lowest BCUT2D eigenvalue weighted by atomic mass is 9.78. The lowest BCUT2D eigenvalue weighted by molar-refractivity contribution is -0.121. The third-order valence-corrected chi connectivity index (χ3v) is 6.13. The van der Waals surface area contributed by atoms with Crippen LogP contribution in [0.25, 0.3) is 0 Å². The normalized spacial score (nSPS) is 15.2. The summed E-state index contributed by atoms with van der Waals surface area (Å²) in [6, 6.07) is 17.0. The molecule has 0 aliphatic heterocycles. The third-order valence-electron chi connectivity index (χ3n) is 6.13. The van der Waals surface area contributed by atoms with E-state index < -0.39 is 5.41 Å². The second kappa shape index (κ2) is 10.4. The molecule has 0 aromatic heterocycles. The van der Waals surface area contributed by atoms with Gasteiger partial charge in [-0.05, 0) is 55.8 Å². The fraction of sp³-hybridized carbons (Fsp3) is 0.440. The highest BCUT2D eigenvalue weighted by atomic mass is 16.5. The molecule has 0 heterocycles. The zero-order valence-corrected chi connectivity index (χ0v) is 18.0. The number of hydrogen-bond acceptors (Lipinski definition) is 4. The van der Waals surface area contributed by atoms with Gasteiger partial charge in [0.2, 0.25) is 5.91 Å². The molecule has 0 radical (unpaired) electrons. The Kier molecular flexibility index (Phi) is 7.63. The van der Waals surface area contributed by atoms with Crippen molar-refractivity contribution in [2.75, 3.05) is 31.6 Å². The summed E-state index contributed by atoms with van der Waals surface area (Å²) in [4.78, 5) is 27.7. The van der Waals surface area contributed by atoms with Gasteiger partial charge in [-0.1, -0.05) is 57.0 Å². The van der Waals surface area contributed by atoms with E-state index in [0.717, 1.165) is 50.9 Å². The average Bonchev–Trinajstić information content (AvgIpc) is 3.29. The van der Waals surface area contributed by atoms with Gasteiger partial charge >= 0.3 is 5.97 Å². The molecule has 0 saturated heterocycles. The molecular formula is C25H32N2O3. The van der Waals surface area contributed by atoms with Crippen LogP contribution in [0.15, 0.2) is 54.6 Å². The standard InChI is InChI=1S/C25H32N2O3/c1-3-27(4-2)18-19-30-23(28)20-12-14-22(15-13-20)26-24(29)25(16-8-9-17-25)21-10-6-5-7-11-21/h5-7,10-15H,3-4,8-9,16-19H2,1-2H3,(H,26,29). The summed E-state index contributed by atoms with van der Waals surface area (Å²) < 4.78 is 5.37. The molecule has 3 rings (SSSR count). The molecule has 0 spiro atoms. The molecular weight excluding hydrogens is 376 g/mol. The van der Waals surface area contributed by atoms with Crippen LogP contribution in [0.1, 0.15) is 55.5 Å². The molecule has 5 heteroatoms. The molecule has 0 atom stereocenters. The molecule has 0 unspecified atom stereocenters. The third kappa shape index (κ3) is 5.08. The lowest BCUT2D eigenvalue weighted by Crippen LogP contribution is -2.37. The van der Waals surface area contributed by atoms with E-state index in [-0.39, 0.29) is 11.9 Å². The molecule has 1 saturated carbocycles. The highest BCUT2D eigenvalue weighted by Gasteiger charge is 2.42. The first-order valence-corrected chi connectivity index (χ1v) is 11.0. The van der Waals surface area contributed by atoms with Gasteiger partial charge in [0.25, 0.3) is 0 Å². The van der Waals surface area contributed by atoms with Gasteiger partial charge in [0.05, 0.1) is 11.0 Å². The number of carbonyl (C=O) groups is 2. The van der Waals surface area contributed by atoms with Crippen molar-refractivity contribution in [2.24, 2.45) is 0 Å². The monoisotopic (exact) mass is 408 g/mol. The van der Waals surface area contributed by atoms with E-state index >= 15 is 0 Å².